The van der Waals surface area contributed by atoms with Crippen LogP contribution in [0.1, 0.15) is 0 Å². The molecular weight excluding hydrogens is 563 g/mol. The second-order valence-corrected chi connectivity index (χ2v) is 10.7. The van der Waals surface area contributed by atoms with Crippen molar-refractivity contribution < 1.29 is 4.39 Å². The Morgan fingerprint density at radius 2 is 0.911 bits per heavy atom. The van der Waals surface area contributed by atoms with Crippen LogP contribution in [0.25, 0.3) is 78.3 Å². The summed E-state index contributed by atoms with van der Waals surface area (Å²) in [6.07, 6.45) is 6.99. The maximum atomic E-state index is 15.8. The standard InChI is InChI=1S/C36H21FN8/c37-26-20-24(33-42-27-11-5-17-40-35(27)44(33)29-13-1-7-22-9-3-15-38-31(22)29)19-25(21-26)34-43-28-12-6-18-41-36(28)45(34)30-14-2-8-23-10-4-16-39-32(23)30/h1-21H. The SMILES string of the molecule is Fc1cc(-c2nc3cccnc3n2-c2cccc3cccnc23)cc(-c2nc3cccnc3n2-c2cccc3cccnc23)c1. The summed E-state index contributed by atoms with van der Waals surface area (Å²) >= 11 is 0. The lowest BCUT2D eigenvalue weighted by Crippen LogP contribution is -2.03. The van der Waals surface area contributed by atoms with Crippen molar-refractivity contribution in [3.63, 3.8) is 0 Å². The fourth-order valence-electron chi connectivity index (χ4n) is 6.05. The molecule has 0 N–H and O–H groups in total. The molecule has 3 aromatic carbocycles. The molecule has 9 aromatic rings. The van der Waals surface area contributed by atoms with Crippen LogP contribution < -0.4 is 0 Å². The van der Waals surface area contributed by atoms with Crippen LogP contribution in [0.2, 0.25) is 0 Å². The van der Waals surface area contributed by atoms with Gasteiger partial charge in [0, 0.05) is 46.7 Å². The molecule has 0 aliphatic heterocycles. The fraction of sp³-hybridized carbons (Fsp3) is 0. The van der Waals surface area contributed by atoms with Crippen LogP contribution in [0.15, 0.2) is 128 Å². The third-order valence-electron chi connectivity index (χ3n) is 7.95. The van der Waals surface area contributed by atoms with Crippen molar-refractivity contribution in [2.75, 3.05) is 0 Å². The van der Waals surface area contributed by atoms with Crippen LogP contribution in [-0.4, -0.2) is 39.0 Å². The van der Waals surface area contributed by atoms with Crippen molar-refractivity contribution in [1.29, 1.82) is 0 Å². The van der Waals surface area contributed by atoms with Gasteiger partial charge in [0.1, 0.15) is 28.5 Å². The van der Waals surface area contributed by atoms with Gasteiger partial charge in [0.25, 0.3) is 0 Å². The summed E-state index contributed by atoms with van der Waals surface area (Å²) in [5.74, 6) is 0.651. The predicted octanol–water partition coefficient (Wildman–Crippen LogP) is 7.72. The summed E-state index contributed by atoms with van der Waals surface area (Å²) in [5, 5.41) is 1.95. The van der Waals surface area contributed by atoms with Gasteiger partial charge in [0.15, 0.2) is 11.3 Å². The lowest BCUT2D eigenvalue weighted by molar-refractivity contribution is 0.628. The largest absolute Gasteiger partial charge is 0.274 e. The van der Waals surface area contributed by atoms with Crippen molar-refractivity contribution in [3.05, 3.63) is 134 Å². The van der Waals surface area contributed by atoms with E-state index in [0.29, 0.717) is 45.1 Å². The van der Waals surface area contributed by atoms with Gasteiger partial charge in [-0.2, -0.15) is 0 Å². The molecule has 0 amide bonds. The smallest absolute Gasteiger partial charge is 0.165 e. The van der Waals surface area contributed by atoms with E-state index in [-0.39, 0.29) is 0 Å². The zero-order valence-corrected chi connectivity index (χ0v) is 23.6. The summed E-state index contributed by atoms with van der Waals surface area (Å²) < 4.78 is 19.6. The number of pyridine rings is 4. The number of rotatable bonds is 4. The molecule has 0 spiro atoms. The molecule has 0 saturated carbocycles. The van der Waals surface area contributed by atoms with Crippen molar-refractivity contribution in [2.45, 2.75) is 0 Å². The Bertz CT molecular complexity index is 2400. The number of imidazole rings is 2. The molecular formula is C36H21FN8. The Morgan fingerprint density at radius 3 is 1.42 bits per heavy atom. The van der Waals surface area contributed by atoms with E-state index in [1.54, 1.807) is 24.8 Å². The second kappa shape index (κ2) is 9.85. The van der Waals surface area contributed by atoms with Crippen LogP contribution in [0.5, 0.6) is 0 Å². The van der Waals surface area contributed by atoms with Gasteiger partial charge in [-0.3, -0.25) is 19.1 Å². The van der Waals surface area contributed by atoms with Crippen molar-refractivity contribution in [2.24, 2.45) is 0 Å². The molecule has 0 unspecified atom stereocenters. The minimum Gasteiger partial charge on any atom is -0.274 e. The van der Waals surface area contributed by atoms with E-state index in [4.69, 9.17) is 9.97 Å². The number of aromatic nitrogens is 8. The van der Waals surface area contributed by atoms with E-state index in [2.05, 4.69) is 19.9 Å². The summed E-state index contributed by atoms with van der Waals surface area (Å²) in [7, 11) is 0. The number of benzene rings is 3. The molecule has 0 aliphatic rings. The van der Waals surface area contributed by atoms with Crippen molar-refractivity contribution in [3.8, 4) is 34.2 Å². The highest BCUT2D eigenvalue weighted by Gasteiger charge is 2.22. The van der Waals surface area contributed by atoms with Crippen LogP contribution in [0.3, 0.4) is 0 Å². The summed E-state index contributed by atoms with van der Waals surface area (Å²) in [6, 6.07) is 32.2. The molecule has 6 heterocycles. The predicted molar refractivity (Wildman–Crippen MR) is 173 cm³/mol. The molecule has 9 heteroatoms. The van der Waals surface area contributed by atoms with Gasteiger partial charge in [0.05, 0.1) is 22.4 Å². The minimum absolute atomic E-state index is 0.423. The van der Waals surface area contributed by atoms with Gasteiger partial charge in [-0.05, 0) is 66.7 Å². The second-order valence-electron chi connectivity index (χ2n) is 10.7. The minimum atomic E-state index is -0.423. The topological polar surface area (TPSA) is 87.2 Å². The number of nitrogens with zero attached hydrogens (tertiary/aromatic N) is 8. The van der Waals surface area contributed by atoms with E-state index in [9.17, 15) is 0 Å². The Balaban J connectivity index is 1.32. The van der Waals surface area contributed by atoms with Gasteiger partial charge in [0.2, 0.25) is 0 Å². The fourth-order valence-corrected chi connectivity index (χ4v) is 6.05. The number of fused-ring (bicyclic) bond motifs is 4. The summed E-state index contributed by atoms with van der Waals surface area (Å²) in [6.45, 7) is 0. The van der Waals surface area contributed by atoms with Crippen LogP contribution in [0.4, 0.5) is 4.39 Å². The Morgan fingerprint density at radius 1 is 0.467 bits per heavy atom. The molecule has 8 nitrogen and oxygen atoms in total. The summed E-state index contributed by atoms with van der Waals surface area (Å²) in [5.41, 5.74) is 6.98. The van der Waals surface area contributed by atoms with E-state index >= 15 is 4.39 Å². The normalized spacial score (nSPS) is 11.7. The molecule has 6 aromatic heterocycles. The molecule has 0 atom stereocenters. The van der Waals surface area contributed by atoms with Crippen molar-refractivity contribution >= 4 is 44.1 Å². The van der Waals surface area contributed by atoms with E-state index in [1.807, 2.05) is 100 Å². The molecule has 0 fully saturated rings. The quantitative estimate of drug-likeness (QED) is 0.210. The maximum Gasteiger partial charge on any atom is 0.165 e. The number of hydrogen-bond donors (Lipinski definition) is 0. The van der Waals surface area contributed by atoms with Gasteiger partial charge in [-0.15, -0.1) is 0 Å². The van der Waals surface area contributed by atoms with Crippen LogP contribution in [0, 0.1) is 5.82 Å². The third-order valence-corrected chi connectivity index (χ3v) is 7.95. The van der Waals surface area contributed by atoms with E-state index < -0.39 is 5.82 Å². The molecule has 9 rings (SSSR count). The first kappa shape index (κ1) is 25.2. The van der Waals surface area contributed by atoms with Crippen LogP contribution in [-0.2, 0) is 0 Å². The van der Waals surface area contributed by atoms with Gasteiger partial charge >= 0.3 is 0 Å². The lowest BCUT2D eigenvalue weighted by Gasteiger charge is -2.14. The first-order valence-electron chi connectivity index (χ1n) is 14.4. The molecule has 0 aliphatic carbocycles. The highest BCUT2D eigenvalue weighted by molar-refractivity contribution is 5.92. The molecule has 0 bridgehead atoms. The monoisotopic (exact) mass is 584 g/mol. The van der Waals surface area contributed by atoms with Gasteiger partial charge < -0.3 is 0 Å². The average Bonchev–Trinajstić information content (AvgIpc) is 3.67. The van der Waals surface area contributed by atoms with Crippen LogP contribution >= 0.6 is 0 Å². The summed E-state index contributed by atoms with van der Waals surface area (Å²) in [4.78, 5) is 28.6. The zero-order chi connectivity index (χ0) is 29.9. The Kier molecular flexibility index (Phi) is 5.51. The molecule has 0 saturated heterocycles. The van der Waals surface area contributed by atoms with E-state index in [1.165, 1.54) is 12.1 Å². The van der Waals surface area contributed by atoms with Gasteiger partial charge in [-0.1, -0.05) is 36.4 Å². The highest BCUT2D eigenvalue weighted by atomic mass is 19.1. The Hall–Kier alpha value is -6.35. The first-order valence-corrected chi connectivity index (χ1v) is 14.4. The molecule has 0 radical (unpaired) electrons. The maximum absolute atomic E-state index is 15.8. The first-order chi connectivity index (χ1) is 22.2. The van der Waals surface area contributed by atoms with E-state index in [0.717, 1.165) is 33.2 Å². The molecule has 45 heavy (non-hydrogen) atoms. The lowest BCUT2D eigenvalue weighted by atomic mass is 10.1. The van der Waals surface area contributed by atoms with Gasteiger partial charge in [-0.25, -0.2) is 24.3 Å². The van der Waals surface area contributed by atoms with Crippen molar-refractivity contribution in [1.82, 2.24) is 39.0 Å². The Labute approximate surface area is 255 Å². The number of hydrogen-bond acceptors (Lipinski definition) is 6. The number of halogens is 1. The number of para-hydroxylation sites is 2. The average molecular weight is 585 g/mol. The highest BCUT2D eigenvalue weighted by Crippen LogP contribution is 2.36. The third kappa shape index (κ3) is 3.98. The zero-order valence-electron chi connectivity index (χ0n) is 23.6. The molecule has 212 valence electrons.